The monoisotopic (exact) mass is 291 g/mol. The van der Waals surface area contributed by atoms with Gasteiger partial charge < -0.3 is 10.1 Å². The maximum atomic E-state index is 11.3. The molecule has 0 aliphatic rings. The van der Waals surface area contributed by atoms with Crippen molar-refractivity contribution in [2.75, 3.05) is 14.1 Å². The predicted octanol–water partition coefficient (Wildman–Crippen LogP) is 2.86. The van der Waals surface area contributed by atoms with Gasteiger partial charge in [0.15, 0.2) is 0 Å². The summed E-state index contributed by atoms with van der Waals surface area (Å²) < 4.78 is 0. The molecule has 0 unspecified atom stereocenters. The summed E-state index contributed by atoms with van der Waals surface area (Å²) in [5.41, 5.74) is 0.892. The minimum Gasteiger partial charge on any atom is -0.477 e. The molecular weight excluding hydrogens is 274 g/mol. The molecule has 0 aliphatic carbocycles. The van der Waals surface area contributed by atoms with Crippen LogP contribution in [-0.4, -0.2) is 41.4 Å². The highest BCUT2D eigenvalue weighted by Crippen LogP contribution is 2.30. The number of nitrogens with zero attached hydrogens (tertiary/aromatic N) is 3. The first-order valence-corrected chi connectivity index (χ1v) is 7.20. The fourth-order valence-electron chi connectivity index (χ4n) is 1.99. The largest absolute Gasteiger partial charge is 0.477 e. The van der Waals surface area contributed by atoms with E-state index in [-0.39, 0.29) is 0 Å². The molecule has 20 heavy (non-hydrogen) atoms. The van der Waals surface area contributed by atoms with Crippen molar-refractivity contribution in [1.29, 1.82) is 0 Å². The Kier molecular flexibility index (Phi) is 4.68. The summed E-state index contributed by atoms with van der Waals surface area (Å²) in [5.74, 6) is -0.870. The maximum absolute atomic E-state index is 11.3. The third-order valence-electron chi connectivity index (χ3n) is 2.84. The number of hydrazone groups is 1. The van der Waals surface area contributed by atoms with Crippen molar-refractivity contribution in [2.24, 2.45) is 5.10 Å². The third kappa shape index (κ3) is 3.33. The lowest BCUT2D eigenvalue weighted by Crippen LogP contribution is -2.02. The van der Waals surface area contributed by atoms with E-state index in [2.05, 4.69) is 10.1 Å². The van der Waals surface area contributed by atoms with E-state index in [9.17, 15) is 9.90 Å². The van der Waals surface area contributed by atoms with Crippen LogP contribution in [0.4, 0.5) is 0 Å². The molecule has 0 radical (unpaired) electrons. The Balaban J connectivity index is 2.15. The molecule has 0 atom stereocenters. The van der Waals surface area contributed by atoms with Gasteiger partial charge in [0.05, 0.1) is 0 Å². The Bertz CT molecular complexity index is 634. The second-order valence-corrected chi connectivity index (χ2v) is 5.61. The molecule has 0 spiro atoms. The van der Waals surface area contributed by atoms with Crippen LogP contribution in [0.5, 0.6) is 0 Å². The van der Waals surface area contributed by atoms with Crippen LogP contribution in [0.3, 0.4) is 0 Å². The van der Waals surface area contributed by atoms with Crippen LogP contribution in [0.2, 0.25) is 0 Å². The minimum absolute atomic E-state index is 0.406. The van der Waals surface area contributed by atoms with Gasteiger partial charge in [-0.25, -0.2) is 9.78 Å². The molecule has 2 aromatic rings. The molecule has 0 saturated carbocycles. The summed E-state index contributed by atoms with van der Waals surface area (Å²) in [6.45, 7) is 0. The number of carboxylic acid groups (broad SMARTS) is 1. The van der Waals surface area contributed by atoms with Gasteiger partial charge in [-0.3, -0.25) is 0 Å². The summed E-state index contributed by atoms with van der Waals surface area (Å²) in [5, 5.41) is 16.1. The molecule has 0 bridgehead atoms. The number of aromatic nitrogens is 1. The van der Waals surface area contributed by atoms with E-state index in [0.717, 1.165) is 35.0 Å². The third-order valence-corrected chi connectivity index (χ3v) is 3.98. The lowest BCUT2D eigenvalue weighted by atomic mass is 10.1. The van der Waals surface area contributed by atoms with Crippen LogP contribution < -0.4 is 0 Å². The predicted molar refractivity (Wildman–Crippen MR) is 81.7 cm³/mol. The smallest absolute Gasteiger partial charge is 0.346 e. The molecule has 5 nitrogen and oxygen atoms in total. The van der Waals surface area contributed by atoms with E-state index in [1.54, 1.807) is 11.2 Å². The van der Waals surface area contributed by atoms with Gasteiger partial charge in [0.1, 0.15) is 9.71 Å². The van der Waals surface area contributed by atoms with Crippen molar-refractivity contribution in [2.45, 2.75) is 19.3 Å². The minimum atomic E-state index is -0.870. The van der Waals surface area contributed by atoms with Gasteiger partial charge in [-0.1, -0.05) is 6.07 Å². The number of carboxylic acids is 1. The Morgan fingerprint density at radius 3 is 3.05 bits per heavy atom. The Morgan fingerprint density at radius 1 is 1.55 bits per heavy atom. The molecule has 6 heteroatoms. The number of unbranched alkanes of at least 4 members (excludes halogenated alkanes) is 1. The number of aryl methyl sites for hydroxylation is 1. The van der Waals surface area contributed by atoms with Gasteiger partial charge in [-0.05, 0) is 30.9 Å². The standard InChI is InChI=1S/C14H17N3O2S/c1-17(2)16-9-4-3-6-10-11-7-5-8-15-13(11)20-12(10)14(18)19/h5,7-9H,3-4,6H2,1-2H3,(H,18,19). The van der Waals surface area contributed by atoms with E-state index >= 15 is 0 Å². The quantitative estimate of drug-likeness (QED) is 0.505. The van der Waals surface area contributed by atoms with E-state index in [1.807, 2.05) is 32.4 Å². The fraction of sp³-hybridized carbons (Fsp3) is 0.357. The molecule has 0 aliphatic heterocycles. The van der Waals surface area contributed by atoms with Gasteiger partial charge in [-0.2, -0.15) is 5.10 Å². The highest BCUT2D eigenvalue weighted by atomic mass is 32.1. The molecule has 2 rings (SSSR count). The Morgan fingerprint density at radius 2 is 2.35 bits per heavy atom. The van der Waals surface area contributed by atoms with Gasteiger partial charge in [0.2, 0.25) is 0 Å². The number of aromatic carboxylic acids is 1. The molecule has 2 aromatic heterocycles. The lowest BCUT2D eigenvalue weighted by molar-refractivity contribution is 0.0701. The number of fused-ring (bicyclic) bond motifs is 1. The van der Waals surface area contributed by atoms with E-state index in [4.69, 9.17) is 0 Å². The number of hydrogen-bond donors (Lipinski definition) is 1. The van der Waals surface area contributed by atoms with Crippen LogP contribution in [0.1, 0.15) is 28.1 Å². The number of hydrogen-bond acceptors (Lipinski definition) is 5. The summed E-state index contributed by atoms with van der Waals surface area (Å²) in [4.78, 5) is 16.8. The molecule has 0 amide bonds. The molecule has 1 N–H and O–H groups in total. The van der Waals surface area contributed by atoms with Crippen LogP contribution in [0.15, 0.2) is 23.4 Å². The zero-order chi connectivity index (χ0) is 14.5. The second kappa shape index (κ2) is 6.47. The van der Waals surface area contributed by atoms with E-state index in [0.29, 0.717) is 4.88 Å². The average molecular weight is 291 g/mol. The number of thiophene rings is 1. The summed E-state index contributed by atoms with van der Waals surface area (Å²) in [6.07, 6.45) is 5.98. The topological polar surface area (TPSA) is 65.8 Å². The number of carbonyl (C=O) groups is 1. The molecule has 0 saturated heterocycles. The molecule has 0 fully saturated rings. The number of rotatable bonds is 6. The van der Waals surface area contributed by atoms with Crippen molar-refractivity contribution in [1.82, 2.24) is 9.99 Å². The highest BCUT2D eigenvalue weighted by Gasteiger charge is 2.17. The molecule has 0 aromatic carbocycles. The van der Waals surface area contributed by atoms with Crippen LogP contribution >= 0.6 is 11.3 Å². The molecule has 2 heterocycles. The summed E-state index contributed by atoms with van der Waals surface area (Å²) in [7, 11) is 3.74. The lowest BCUT2D eigenvalue weighted by Gasteiger charge is -2.03. The van der Waals surface area contributed by atoms with Gasteiger partial charge in [-0.15, -0.1) is 11.3 Å². The zero-order valence-corrected chi connectivity index (χ0v) is 12.4. The van der Waals surface area contributed by atoms with Crippen molar-refractivity contribution >= 4 is 33.7 Å². The summed E-state index contributed by atoms with van der Waals surface area (Å²) >= 11 is 1.25. The van der Waals surface area contributed by atoms with Crippen molar-refractivity contribution < 1.29 is 9.90 Å². The van der Waals surface area contributed by atoms with Gasteiger partial charge >= 0.3 is 5.97 Å². The normalized spacial score (nSPS) is 11.3. The van der Waals surface area contributed by atoms with Crippen molar-refractivity contribution in [3.05, 3.63) is 28.8 Å². The zero-order valence-electron chi connectivity index (χ0n) is 11.5. The van der Waals surface area contributed by atoms with Gasteiger partial charge in [0, 0.05) is 31.9 Å². The maximum Gasteiger partial charge on any atom is 0.346 e. The van der Waals surface area contributed by atoms with Crippen molar-refractivity contribution in [3.8, 4) is 0 Å². The van der Waals surface area contributed by atoms with Crippen LogP contribution in [0, 0.1) is 0 Å². The fourth-order valence-corrected chi connectivity index (χ4v) is 3.03. The van der Waals surface area contributed by atoms with E-state index < -0.39 is 5.97 Å². The molecular formula is C14H17N3O2S. The Labute approximate surface area is 121 Å². The van der Waals surface area contributed by atoms with Gasteiger partial charge in [0.25, 0.3) is 0 Å². The highest BCUT2D eigenvalue weighted by molar-refractivity contribution is 7.20. The Hall–Kier alpha value is -1.95. The average Bonchev–Trinajstić information content (AvgIpc) is 2.77. The molecule has 106 valence electrons. The SMILES string of the molecule is CN(C)N=CCCCc1c(C(=O)O)sc2ncccc12. The van der Waals surface area contributed by atoms with E-state index in [1.165, 1.54) is 11.3 Å². The number of pyridine rings is 1. The first-order chi connectivity index (χ1) is 9.59. The second-order valence-electron chi connectivity index (χ2n) is 4.61. The van der Waals surface area contributed by atoms with Crippen LogP contribution in [-0.2, 0) is 6.42 Å². The first-order valence-electron chi connectivity index (χ1n) is 6.39. The van der Waals surface area contributed by atoms with Crippen LogP contribution in [0.25, 0.3) is 10.2 Å². The summed E-state index contributed by atoms with van der Waals surface area (Å²) in [6, 6.07) is 3.78. The van der Waals surface area contributed by atoms with Crippen molar-refractivity contribution in [3.63, 3.8) is 0 Å². The first kappa shape index (κ1) is 14.5.